The zero-order valence-electron chi connectivity index (χ0n) is 12.2. The molecule has 1 heterocycles. The van der Waals surface area contributed by atoms with Crippen LogP contribution in [0.3, 0.4) is 0 Å². The van der Waals surface area contributed by atoms with Gasteiger partial charge in [-0.1, -0.05) is 50.4 Å². The minimum Gasteiger partial charge on any atom is -0.322 e. The number of halogens is 1. The Labute approximate surface area is 126 Å². The zero-order valence-corrected chi connectivity index (χ0v) is 13.0. The first-order valence-electron chi connectivity index (χ1n) is 7.49. The van der Waals surface area contributed by atoms with Crippen LogP contribution in [0.4, 0.5) is 0 Å². The molecule has 2 unspecified atom stereocenters. The maximum Gasteiger partial charge on any atom is 0.241 e. The molecule has 0 aromatic heterocycles. The maximum atomic E-state index is 12.4. The number of unbranched alkanes of at least 4 members (excludes halogenated alkanes) is 2. The fraction of sp³-hybridized carbons (Fsp3) is 0.562. The molecule has 0 spiro atoms. The molecular weight excluding hydrogens is 272 g/mol. The first-order valence-corrected chi connectivity index (χ1v) is 7.87. The number of hydrogen-bond donors (Lipinski definition) is 1. The van der Waals surface area contributed by atoms with E-state index in [0.29, 0.717) is 5.02 Å². The fourth-order valence-electron chi connectivity index (χ4n) is 2.70. The van der Waals surface area contributed by atoms with Gasteiger partial charge in [-0.2, -0.15) is 0 Å². The molecule has 3 nitrogen and oxygen atoms in total. The highest BCUT2D eigenvalue weighted by Crippen LogP contribution is 2.28. The molecule has 1 aliphatic heterocycles. The van der Waals surface area contributed by atoms with Gasteiger partial charge in [0, 0.05) is 11.6 Å². The van der Waals surface area contributed by atoms with Crippen molar-refractivity contribution in [3.05, 3.63) is 34.9 Å². The van der Waals surface area contributed by atoms with Gasteiger partial charge in [0.05, 0.1) is 6.04 Å². The molecule has 1 aromatic rings. The van der Waals surface area contributed by atoms with E-state index in [4.69, 9.17) is 11.6 Å². The summed E-state index contributed by atoms with van der Waals surface area (Å²) in [5.41, 5.74) is 1.07. The van der Waals surface area contributed by atoms with Crippen LogP contribution in [0.15, 0.2) is 24.3 Å². The van der Waals surface area contributed by atoms with Gasteiger partial charge in [-0.05, 0) is 30.5 Å². The van der Waals surface area contributed by atoms with Crippen molar-refractivity contribution in [1.82, 2.24) is 10.2 Å². The van der Waals surface area contributed by atoms with Gasteiger partial charge in [0.15, 0.2) is 0 Å². The molecule has 110 valence electrons. The Hall–Kier alpha value is -1.06. The van der Waals surface area contributed by atoms with E-state index in [0.717, 1.165) is 37.8 Å². The molecule has 0 saturated carbocycles. The summed E-state index contributed by atoms with van der Waals surface area (Å²) in [6, 6.07) is 7.70. The summed E-state index contributed by atoms with van der Waals surface area (Å²) in [5, 5.41) is 4.14. The van der Waals surface area contributed by atoms with Crippen LogP contribution in [0.2, 0.25) is 5.02 Å². The Kier molecular flexibility index (Phi) is 5.44. The molecule has 0 aliphatic carbocycles. The summed E-state index contributed by atoms with van der Waals surface area (Å²) in [4.78, 5) is 14.4. The van der Waals surface area contributed by atoms with E-state index in [9.17, 15) is 4.79 Å². The molecular formula is C16H23ClN2O. The number of benzene rings is 1. The molecule has 2 rings (SSSR count). The van der Waals surface area contributed by atoms with Crippen molar-refractivity contribution in [1.29, 1.82) is 0 Å². The smallest absolute Gasteiger partial charge is 0.241 e. The van der Waals surface area contributed by atoms with Gasteiger partial charge in [-0.15, -0.1) is 0 Å². The van der Waals surface area contributed by atoms with Crippen LogP contribution in [0.1, 0.15) is 51.3 Å². The summed E-state index contributed by atoms with van der Waals surface area (Å²) < 4.78 is 0. The Morgan fingerprint density at radius 1 is 1.30 bits per heavy atom. The van der Waals surface area contributed by atoms with E-state index in [1.165, 1.54) is 0 Å². The number of rotatable bonds is 6. The van der Waals surface area contributed by atoms with Crippen molar-refractivity contribution in [2.75, 3.05) is 6.54 Å². The summed E-state index contributed by atoms with van der Waals surface area (Å²) in [5.74, 6) is 0.216. The summed E-state index contributed by atoms with van der Waals surface area (Å²) in [6.45, 7) is 5.03. The van der Waals surface area contributed by atoms with Crippen LogP contribution >= 0.6 is 11.6 Å². The summed E-state index contributed by atoms with van der Waals surface area (Å²) >= 11 is 6.07. The van der Waals surface area contributed by atoms with Gasteiger partial charge in [-0.25, -0.2) is 0 Å². The zero-order chi connectivity index (χ0) is 14.5. The molecule has 0 bridgehead atoms. The van der Waals surface area contributed by atoms with Crippen molar-refractivity contribution in [2.24, 2.45) is 0 Å². The van der Waals surface area contributed by atoms with Crippen LogP contribution in [0, 0.1) is 0 Å². The van der Waals surface area contributed by atoms with Gasteiger partial charge in [0.25, 0.3) is 0 Å². The number of carbonyl (C=O) groups is 1. The van der Waals surface area contributed by atoms with Gasteiger partial charge >= 0.3 is 0 Å². The number of carbonyl (C=O) groups excluding carboxylic acids is 1. The average molecular weight is 295 g/mol. The molecule has 0 radical (unpaired) electrons. The van der Waals surface area contributed by atoms with E-state index in [2.05, 4.69) is 12.2 Å². The number of amides is 1. The Bertz CT molecular complexity index is 464. The monoisotopic (exact) mass is 294 g/mol. The van der Waals surface area contributed by atoms with Crippen LogP contribution in [-0.2, 0) is 4.79 Å². The molecule has 1 aromatic carbocycles. The van der Waals surface area contributed by atoms with Crippen LogP contribution in [-0.4, -0.2) is 23.4 Å². The number of nitrogens with zero attached hydrogens (tertiary/aromatic N) is 1. The maximum absolute atomic E-state index is 12.4. The normalized spacial score (nSPS) is 22.6. The van der Waals surface area contributed by atoms with Crippen molar-refractivity contribution < 1.29 is 4.79 Å². The quantitative estimate of drug-likeness (QED) is 0.811. The SMILES string of the molecule is CCCCCN1C(=O)C(CC)NC1c1cccc(Cl)c1. The molecule has 1 N–H and O–H groups in total. The van der Waals surface area contributed by atoms with E-state index < -0.39 is 0 Å². The van der Waals surface area contributed by atoms with Crippen molar-refractivity contribution in [2.45, 2.75) is 51.7 Å². The van der Waals surface area contributed by atoms with Crippen LogP contribution < -0.4 is 5.32 Å². The third kappa shape index (κ3) is 3.33. The van der Waals surface area contributed by atoms with E-state index >= 15 is 0 Å². The first-order chi connectivity index (χ1) is 9.67. The molecule has 20 heavy (non-hydrogen) atoms. The Morgan fingerprint density at radius 3 is 2.75 bits per heavy atom. The second-order valence-corrected chi connectivity index (χ2v) is 5.76. The van der Waals surface area contributed by atoms with Crippen molar-refractivity contribution >= 4 is 17.5 Å². The Balaban J connectivity index is 2.17. The standard InChI is InChI=1S/C16H23ClN2O/c1-3-5-6-10-19-15(18-14(4-2)16(19)20)12-8-7-9-13(17)11-12/h7-9,11,14-15,18H,3-6,10H2,1-2H3. The van der Waals surface area contributed by atoms with E-state index in [1.807, 2.05) is 36.1 Å². The second kappa shape index (κ2) is 7.09. The van der Waals surface area contributed by atoms with Gasteiger partial charge in [0.2, 0.25) is 5.91 Å². The van der Waals surface area contributed by atoms with Gasteiger partial charge in [0.1, 0.15) is 6.17 Å². The lowest BCUT2D eigenvalue weighted by atomic mass is 10.1. The molecule has 1 amide bonds. The molecule has 1 aliphatic rings. The minimum absolute atomic E-state index is 0.0389. The predicted molar refractivity (Wildman–Crippen MR) is 82.6 cm³/mol. The third-order valence-electron chi connectivity index (χ3n) is 3.83. The number of nitrogens with one attached hydrogen (secondary N) is 1. The van der Waals surface area contributed by atoms with E-state index in [1.54, 1.807) is 0 Å². The molecule has 2 atom stereocenters. The van der Waals surface area contributed by atoms with Crippen LogP contribution in [0.5, 0.6) is 0 Å². The lowest BCUT2D eigenvalue weighted by Crippen LogP contribution is -2.31. The highest BCUT2D eigenvalue weighted by atomic mass is 35.5. The average Bonchev–Trinajstić information content (AvgIpc) is 2.76. The molecule has 4 heteroatoms. The summed E-state index contributed by atoms with van der Waals surface area (Å²) in [6.07, 6.45) is 4.15. The summed E-state index contributed by atoms with van der Waals surface area (Å²) in [7, 11) is 0. The predicted octanol–water partition coefficient (Wildman–Crippen LogP) is 3.74. The largest absolute Gasteiger partial charge is 0.322 e. The highest BCUT2D eigenvalue weighted by molar-refractivity contribution is 6.30. The van der Waals surface area contributed by atoms with Crippen molar-refractivity contribution in [3.63, 3.8) is 0 Å². The fourth-order valence-corrected chi connectivity index (χ4v) is 2.89. The van der Waals surface area contributed by atoms with Gasteiger partial charge < -0.3 is 4.90 Å². The van der Waals surface area contributed by atoms with Gasteiger partial charge in [-0.3, -0.25) is 10.1 Å². The topological polar surface area (TPSA) is 32.3 Å². The van der Waals surface area contributed by atoms with E-state index in [-0.39, 0.29) is 18.1 Å². The minimum atomic E-state index is -0.0689. The lowest BCUT2D eigenvalue weighted by molar-refractivity contribution is -0.130. The highest BCUT2D eigenvalue weighted by Gasteiger charge is 2.38. The lowest BCUT2D eigenvalue weighted by Gasteiger charge is -2.24. The second-order valence-electron chi connectivity index (χ2n) is 5.32. The third-order valence-corrected chi connectivity index (χ3v) is 4.06. The van der Waals surface area contributed by atoms with Crippen molar-refractivity contribution in [3.8, 4) is 0 Å². The molecule has 1 saturated heterocycles. The molecule has 1 fully saturated rings. The Morgan fingerprint density at radius 2 is 2.10 bits per heavy atom. The number of hydrogen-bond acceptors (Lipinski definition) is 2. The van der Waals surface area contributed by atoms with Crippen LogP contribution in [0.25, 0.3) is 0 Å². The first kappa shape index (κ1) is 15.3.